The Balaban J connectivity index is 1.61. The van der Waals surface area contributed by atoms with Crippen molar-refractivity contribution in [3.8, 4) is 0 Å². The maximum atomic E-state index is 13.2. The molecule has 2 heterocycles. The van der Waals surface area contributed by atoms with E-state index >= 15 is 0 Å². The Hall–Kier alpha value is -2.97. The van der Waals surface area contributed by atoms with Gasteiger partial charge in [0.2, 0.25) is 5.91 Å². The molecule has 1 amide bonds. The maximum Gasteiger partial charge on any atom is 0.336 e. The highest BCUT2D eigenvalue weighted by Crippen LogP contribution is 2.26. The first-order valence-corrected chi connectivity index (χ1v) is 11.1. The first-order chi connectivity index (χ1) is 13.9. The first kappa shape index (κ1) is 19.4. The van der Waals surface area contributed by atoms with Crippen molar-refractivity contribution in [2.75, 3.05) is 29.9 Å². The summed E-state index contributed by atoms with van der Waals surface area (Å²) in [6.07, 6.45) is 0. The second-order valence-corrected chi connectivity index (χ2v) is 9.30. The van der Waals surface area contributed by atoms with E-state index in [9.17, 15) is 18.0 Å². The molecule has 150 valence electrons. The van der Waals surface area contributed by atoms with Gasteiger partial charge in [-0.2, -0.15) is 0 Å². The molecule has 1 saturated heterocycles. The van der Waals surface area contributed by atoms with Crippen LogP contribution < -0.4 is 10.9 Å². The number of sulfone groups is 1. The van der Waals surface area contributed by atoms with Gasteiger partial charge in [0.1, 0.15) is 11.6 Å². The summed E-state index contributed by atoms with van der Waals surface area (Å²) in [7, 11) is -3.05. The first-order valence-electron chi connectivity index (χ1n) is 9.25. The Labute approximate surface area is 167 Å². The van der Waals surface area contributed by atoms with E-state index in [1.807, 2.05) is 35.2 Å². The molecule has 4 rings (SSSR count). The van der Waals surface area contributed by atoms with Crippen LogP contribution in [0.25, 0.3) is 11.0 Å². The van der Waals surface area contributed by atoms with Gasteiger partial charge in [-0.1, -0.05) is 30.3 Å². The predicted octanol–water partition coefficient (Wildman–Crippen LogP) is 2.20. The minimum atomic E-state index is -3.05. The van der Waals surface area contributed by atoms with Gasteiger partial charge in [0.15, 0.2) is 9.84 Å². The lowest BCUT2D eigenvalue weighted by Crippen LogP contribution is -2.46. The number of fused-ring (bicyclic) bond motifs is 1. The van der Waals surface area contributed by atoms with Gasteiger partial charge in [-0.15, -0.1) is 0 Å². The number of rotatable bonds is 4. The van der Waals surface area contributed by atoms with E-state index in [1.165, 1.54) is 6.07 Å². The lowest BCUT2D eigenvalue weighted by Gasteiger charge is -2.33. The highest BCUT2D eigenvalue weighted by atomic mass is 32.2. The number of anilines is 1. The highest BCUT2D eigenvalue weighted by molar-refractivity contribution is 7.91. The number of hydrogen-bond acceptors (Lipinski definition) is 6. The van der Waals surface area contributed by atoms with Gasteiger partial charge in [-0.25, -0.2) is 13.2 Å². The second-order valence-electron chi connectivity index (χ2n) is 7.00. The smallest absolute Gasteiger partial charge is 0.336 e. The van der Waals surface area contributed by atoms with Crippen LogP contribution in [0.4, 0.5) is 5.69 Å². The van der Waals surface area contributed by atoms with Crippen LogP contribution >= 0.6 is 0 Å². The summed E-state index contributed by atoms with van der Waals surface area (Å²) >= 11 is 0. The molecule has 0 spiro atoms. The lowest BCUT2D eigenvalue weighted by molar-refractivity contribution is -0.121. The van der Waals surface area contributed by atoms with Gasteiger partial charge in [-0.3, -0.25) is 9.69 Å². The second kappa shape index (κ2) is 7.81. The molecule has 0 aliphatic carbocycles. The Kier molecular flexibility index (Phi) is 5.21. The summed E-state index contributed by atoms with van der Waals surface area (Å²) in [5, 5.41) is 3.61. The molecule has 1 aromatic heterocycles. The van der Waals surface area contributed by atoms with Gasteiger partial charge in [0.25, 0.3) is 0 Å². The summed E-state index contributed by atoms with van der Waals surface area (Å²) < 4.78 is 28.7. The molecule has 1 N–H and O–H groups in total. The van der Waals surface area contributed by atoms with E-state index in [0.29, 0.717) is 29.7 Å². The van der Waals surface area contributed by atoms with Crippen molar-refractivity contribution in [3.63, 3.8) is 0 Å². The summed E-state index contributed by atoms with van der Waals surface area (Å²) in [4.78, 5) is 26.4. The van der Waals surface area contributed by atoms with Crippen molar-refractivity contribution in [1.82, 2.24) is 4.90 Å². The molecule has 2 aromatic carbocycles. The van der Waals surface area contributed by atoms with Crippen molar-refractivity contribution >= 4 is 32.4 Å². The van der Waals surface area contributed by atoms with Gasteiger partial charge in [-0.05, 0) is 29.8 Å². The van der Waals surface area contributed by atoms with Gasteiger partial charge >= 0.3 is 5.63 Å². The van der Waals surface area contributed by atoms with Crippen LogP contribution in [0.5, 0.6) is 0 Å². The maximum absolute atomic E-state index is 13.2. The highest BCUT2D eigenvalue weighted by Gasteiger charge is 2.32. The number of carbonyl (C=O) groups is 1. The molecule has 1 fully saturated rings. The normalized spacial score (nSPS) is 17.7. The van der Waals surface area contributed by atoms with Gasteiger partial charge in [0, 0.05) is 30.2 Å². The number of nitrogens with zero attached hydrogens (tertiary/aromatic N) is 1. The van der Waals surface area contributed by atoms with Crippen molar-refractivity contribution < 1.29 is 17.6 Å². The molecule has 8 heteroatoms. The molecule has 1 aliphatic heterocycles. The Bertz CT molecular complexity index is 1190. The van der Waals surface area contributed by atoms with Crippen LogP contribution in [0.2, 0.25) is 0 Å². The van der Waals surface area contributed by atoms with Gasteiger partial charge < -0.3 is 9.73 Å². The largest absolute Gasteiger partial charge is 0.423 e. The fourth-order valence-electron chi connectivity index (χ4n) is 3.51. The fourth-order valence-corrected chi connectivity index (χ4v) is 4.74. The van der Waals surface area contributed by atoms with E-state index in [1.54, 1.807) is 24.3 Å². The number of carbonyl (C=O) groups excluding carboxylic acids is 1. The average molecular weight is 412 g/mol. The van der Waals surface area contributed by atoms with Crippen LogP contribution in [0, 0.1) is 0 Å². The molecule has 0 bridgehead atoms. The Morgan fingerprint density at radius 2 is 1.72 bits per heavy atom. The Morgan fingerprint density at radius 1 is 1.00 bits per heavy atom. The molecular formula is C21H20N2O5S. The molecule has 1 unspecified atom stereocenters. The minimum absolute atomic E-state index is 0.0403. The van der Waals surface area contributed by atoms with E-state index in [0.717, 1.165) is 5.56 Å². The number of nitrogens with one attached hydrogen (secondary N) is 1. The quantitative estimate of drug-likeness (QED) is 0.660. The molecule has 1 atom stereocenters. The number of hydrogen-bond donors (Lipinski definition) is 1. The zero-order valence-corrected chi connectivity index (χ0v) is 16.4. The summed E-state index contributed by atoms with van der Waals surface area (Å²) in [6, 6.07) is 16.7. The molecule has 1 aliphatic rings. The molecular weight excluding hydrogens is 392 g/mol. The van der Waals surface area contributed by atoms with Crippen LogP contribution in [0.1, 0.15) is 11.6 Å². The van der Waals surface area contributed by atoms with Crippen LogP contribution in [0.3, 0.4) is 0 Å². The molecule has 0 radical (unpaired) electrons. The van der Waals surface area contributed by atoms with E-state index in [-0.39, 0.29) is 17.4 Å². The van der Waals surface area contributed by atoms with Crippen molar-refractivity contribution in [2.45, 2.75) is 6.04 Å². The fraction of sp³-hybridized carbons (Fsp3) is 0.238. The molecule has 7 nitrogen and oxygen atoms in total. The molecule has 29 heavy (non-hydrogen) atoms. The van der Waals surface area contributed by atoms with E-state index in [4.69, 9.17) is 4.42 Å². The number of amides is 1. The number of benzene rings is 2. The third kappa shape index (κ3) is 4.38. The molecule has 0 saturated carbocycles. The predicted molar refractivity (Wildman–Crippen MR) is 111 cm³/mol. The zero-order chi connectivity index (χ0) is 20.4. The summed E-state index contributed by atoms with van der Waals surface area (Å²) in [5.41, 5.74) is 1.38. The Morgan fingerprint density at radius 3 is 2.45 bits per heavy atom. The SMILES string of the molecule is O=C(Nc1ccc2oc(=O)ccc2c1)C(c1ccccc1)N1CCS(=O)(=O)CC1. The van der Waals surface area contributed by atoms with Crippen LogP contribution in [-0.4, -0.2) is 43.8 Å². The van der Waals surface area contributed by atoms with Crippen molar-refractivity contribution in [1.29, 1.82) is 0 Å². The monoisotopic (exact) mass is 412 g/mol. The molecule has 3 aromatic rings. The van der Waals surface area contributed by atoms with Crippen molar-refractivity contribution in [3.05, 3.63) is 76.6 Å². The van der Waals surface area contributed by atoms with E-state index in [2.05, 4.69) is 5.32 Å². The third-order valence-corrected chi connectivity index (χ3v) is 6.60. The van der Waals surface area contributed by atoms with Crippen LogP contribution in [0.15, 0.2) is 69.9 Å². The average Bonchev–Trinajstić information content (AvgIpc) is 2.70. The van der Waals surface area contributed by atoms with Crippen molar-refractivity contribution in [2.24, 2.45) is 0 Å². The topological polar surface area (TPSA) is 96.7 Å². The third-order valence-electron chi connectivity index (χ3n) is 4.99. The van der Waals surface area contributed by atoms with E-state index < -0.39 is 21.5 Å². The standard InChI is InChI=1S/C21H20N2O5S/c24-19-9-6-16-14-17(7-8-18(16)28-19)22-21(25)20(15-4-2-1-3-5-15)23-10-12-29(26,27)13-11-23/h1-9,14,20H,10-13H2,(H,22,25). The van der Waals surface area contributed by atoms with Crippen LogP contribution in [-0.2, 0) is 14.6 Å². The lowest BCUT2D eigenvalue weighted by atomic mass is 10.0. The summed E-state index contributed by atoms with van der Waals surface area (Å²) in [6.45, 7) is 0.608. The minimum Gasteiger partial charge on any atom is -0.423 e. The zero-order valence-electron chi connectivity index (χ0n) is 15.6. The van der Waals surface area contributed by atoms with Gasteiger partial charge in [0.05, 0.1) is 11.5 Å². The summed E-state index contributed by atoms with van der Waals surface area (Å²) in [5.74, 6) is -0.163.